The maximum atomic E-state index is 12.9. The second kappa shape index (κ2) is 9.52. The van der Waals surface area contributed by atoms with Crippen molar-refractivity contribution in [3.05, 3.63) is 70.9 Å². The van der Waals surface area contributed by atoms with Crippen LogP contribution in [0.4, 0.5) is 0 Å². The molecule has 2 aromatic carbocycles. The van der Waals surface area contributed by atoms with Crippen molar-refractivity contribution in [1.29, 1.82) is 0 Å². The van der Waals surface area contributed by atoms with Crippen LogP contribution < -0.4 is 10.1 Å². The third-order valence-electron chi connectivity index (χ3n) is 5.31. The van der Waals surface area contributed by atoms with Crippen LogP contribution >= 0.6 is 0 Å². The van der Waals surface area contributed by atoms with Crippen LogP contribution in [0.2, 0.25) is 0 Å². The highest BCUT2D eigenvalue weighted by Crippen LogP contribution is 2.22. The molecule has 0 radical (unpaired) electrons. The lowest BCUT2D eigenvalue weighted by molar-refractivity contribution is 0.0950. The molecule has 0 aliphatic rings. The highest BCUT2D eigenvalue weighted by atomic mass is 16.5. The van der Waals surface area contributed by atoms with E-state index in [1.54, 1.807) is 7.11 Å². The summed E-state index contributed by atoms with van der Waals surface area (Å²) in [6.07, 6.45) is 0. The number of hydrogen-bond acceptors (Lipinski definition) is 4. The maximum Gasteiger partial charge on any atom is 0.253 e. The summed E-state index contributed by atoms with van der Waals surface area (Å²) >= 11 is 0. The Bertz CT molecular complexity index is 997. The Kier molecular flexibility index (Phi) is 6.83. The monoisotopic (exact) mass is 391 g/mol. The number of pyridine rings is 1. The van der Waals surface area contributed by atoms with Crippen LogP contribution in [0.5, 0.6) is 5.75 Å². The van der Waals surface area contributed by atoms with E-state index in [4.69, 9.17) is 4.74 Å². The first-order chi connectivity index (χ1) is 14.0. The lowest BCUT2D eigenvalue weighted by atomic mass is 10.1. The number of nitrogens with one attached hydrogen (secondary N) is 1. The standard InChI is InChI=1S/C24H29N3O2/c1-5-27(6-2)16-20-10-8-7-9-19(20)15-25-24(28)22-13-18-11-12-21(29-4)14-23(18)26-17(22)3/h7-14H,5-6,15-16H2,1-4H3,(H,25,28). The van der Waals surface area contributed by atoms with Gasteiger partial charge in [-0.2, -0.15) is 0 Å². The fourth-order valence-corrected chi connectivity index (χ4v) is 3.44. The van der Waals surface area contributed by atoms with Crippen LogP contribution in [-0.2, 0) is 13.1 Å². The first kappa shape index (κ1) is 20.8. The number of carbonyl (C=O) groups excluding carboxylic acids is 1. The molecule has 1 N–H and O–H groups in total. The van der Waals surface area contributed by atoms with E-state index in [0.717, 1.165) is 41.9 Å². The minimum atomic E-state index is -0.106. The fraction of sp³-hybridized carbons (Fsp3) is 0.333. The van der Waals surface area contributed by atoms with Crippen molar-refractivity contribution in [2.24, 2.45) is 0 Å². The summed E-state index contributed by atoms with van der Waals surface area (Å²) in [5.41, 5.74) is 4.52. The number of aromatic nitrogens is 1. The minimum Gasteiger partial charge on any atom is -0.497 e. The number of nitrogens with zero attached hydrogens (tertiary/aromatic N) is 2. The Labute approximate surface area is 172 Å². The molecule has 0 fully saturated rings. The van der Waals surface area contributed by atoms with Crippen LogP contribution in [0.15, 0.2) is 48.5 Å². The molecule has 1 aromatic heterocycles. The zero-order chi connectivity index (χ0) is 20.8. The summed E-state index contributed by atoms with van der Waals surface area (Å²) in [7, 11) is 1.63. The van der Waals surface area contributed by atoms with Crippen molar-refractivity contribution >= 4 is 16.8 Å². The highest BCUT2D eigenvalue weighted by molar-refractivity contribution is 5.98. The number of benzene rings is 2. The molecule has 3 rings (SSSR count). The van der Waals surface area contributed by atoms with E-state index in [0.29, 0.717) is 17.8 Å². The van der Waals surface area contributed by atoms with E-state index in [1.165, 1.54) is 5.56 Å². The van der Waals surface area contributed by atoms with Gasteiger partial charge < -0.3 is 10.1 Å². The zero-order valence-corrected chi connectivity index (χ0v) is 17.7. The first-order valence-electron chi connectivity index (χ1n) is 10.1. The van der Waals surface area contributed by atoms with Gasteiger partial charge >= 0.3 is 0 Å². The smallest absolute Gasteiger partial charge is 0.253 e. The van der Waals surface area contributed by atoms with Gasteiger partial charge in [0.05, 0.1) is 23.9 Å². The van der Waals surface area contributed by atoms with Crippen molar-refractivity contribution in [3.8, 4) is 5.75 Å². The Morgan fingerprint density at radius 2 is 1.79 bits per heavy atom. The number of fused-ring (bicyclic) bond motifs is 1. The summed E-state index contributed by atoms with van der Waals surface area (Å²) in [4.78, 5) is 19.8. The Balaban J connectivity index is 1.77. The SMILES string of the molecule is CCN(CC)Cc1ccccc1CNC(=O)c1cc2ccc(OC)cc2nc1C. The molecule has 29 heavy (non-hydrogen) atoms. The van der Waals surface area contributed by atoms with Gasteiger partial charge in [0.25, 0.3) is 5.91 Å². The molecule has 0 saturated carbocycles. The molecule has 0 bridgehead atoms. The summed E-state index contributed by atoms with van der Waals surface area (Å²) < 4.78 is 5.26. The van der Waals surface area contributed by atoms with Crippen LogP contribution in [0, 0.1) is 6.92 Å². The molecule has 0 aliphatic carbocycles. The van der Waals surface area contributed by atoms with Gasteiger partial charge in [-0.15, -0.1) is 0 Å². The number of carbonyl (C=O) groups is 1. The number of amides is 1. The van der Waals surface area contributed by atoms with E-state index < -0.39 is 0 Å². The molecule has 1 heterocycles. The zero-order valence-electron chi connectivity index (χ0n) is 17.7. The number of hydrogen-bond donors (Lipinski definition) is 1. The molecule has 0 atom stereocenters. The predicted octanol–water partition coefficient (Wildman–Crippen LogP) is 4.32. The summed E-state index contributed by atoms with van der Waals surface area (Å²) in [6, 6.07) is 15.9. The molecule has 5 nitrogen and oxygen atoms in total. The molecule has 1 amide bonds. The molecule has 5 heteroatoms. The average molecular weight is 392 g/mol. The van der Waals surface area contributed by atoms with Crippen molar-refractivity contribution < 1.29 is 9.53 Å². The van der Waals surface area contributed by atoms with Crippen LogP contribution in [-0.4, -0.2) is 36.0 Å². The van der Waals surface area contributed by atoms with Gasteiger partial charge in [-0.25, -0.2) is 0 Å². The normalized spacial score (nSPS) is 11.1. The molecule has 3 aromatic rings. The quantitative estimate of drug-likeness (QED) is 0.621. The fourth-order valence-electron chi connectivity index (χ4n) is 3.44. The average Bonchev–Trinajstić information content (AvgIpc) is 2.75. The lowest BCUT2D eigenvalue weighted by Gasteiger charge is -2.20. The minimum absolute atomic E-state index is 0.106. The Hall–Kier alpha value is -2.92. The first-order valence-corrected chi connectivity index (χ1v) is 10.1. The third-order valence-corrected chi connectivity index (χ3v) is 5.31. The Morgan fingerprint density at radius 3 is 2.48 bits per heavy atom. The molecule has 0 aliphatic heterocycles. The van der Waals surface area contributed by atoms with Gasteiger partial charge in [0.2, 0.25) is 0 Å². The molecular formula is C24H29N3O2. The van der Waals surface area contributed by atoms with Gasteiger partial charge in [-0.05, 0) is 49.3 Å². The number of aryl methyl sites for hydroxylation is 1. The van der Waals surface area contributed by atoms with E-state index in [-0.39, 0.29) is 5.91 Å². The Morgan fingerprint density at radius 1 is 1.07 bits per heavy atom. The second-order valence-corrected chi connectivity index (χ2v) is 7.09. The van der Waals surface area contributed by atoms with Crippen molar-refractivity contribution in [2.75, 3.05) is 20.2 Å². The number of rotatable bonds is 8. The van der Waals surface area contributed by atoms with Gasteiger partial charge in [0.1, 0.15) is 5.75 Å². The van der Waals surface area contributed by atoms with E-state index in [2.05, 4.69) is 47.2 Å². The van der Waals surface area contributed by atoms with Crippen molar-refractivity contribution in [2.45, 2.75) is 33.9 Å². The second-order valence-electron chi connectivity index (χ2n) is 7.09. The summed E-state index contributed by atoms with van der Waals surface area (Å²) in [5, 5.41) is 3.99. The summed E-state index contributed by atoms with van der Waals surface area (Å²) in [5.74, 6) is 0.650. The molecule has 0 unspecified atom stereocenters. The summed E-state index contributed by atoms with van der Waals surface area (Å²) in [6.45, 7) is 9.59. The number of ether oxygens (including phenoxy) is 1. The number of methoxy groups -OCH3 is 1. The van der Waals surface area contributed by atoms with Gasteiger partial charge in [-0.1, -0.05) is 38.1 Å². The van der Waals surface area contributed by atoms with E-state index >= 15 is 0 Å². The maximum absolute atomic E-state index is 12.9. The van der Waals surface area contributed by atoms with Crippen molar-refractivity contribution in [3.63, 3.8) is 0 Å². The van der Waals surface area contributed by atoms with Crippen LogP contribution in [0.1, 0.15) is 41.0 Å². The van der Waals surface area contributed by atoms with Crippen molar-refractivity contribution in [1.82, 2.24) is 15.2 Å². The molecule has 152 valence electrons. The van der Waals surface area contributed by atoms with Gasteiger partial charge in [-0.3, -0.25) is 14.7 Å². The van der Waals surface area contributed by atoms with Crippen LogP contribution in [0.3, 0.4) is 0 Å². The molecule has 0 saturated heterocycles. The van der Waals surface area contributed by atoms with E-state index in [1.807, 2.05) is 37.3 Å². The lowest BCUT2D eigenvalue weighted by Crippen LogP contribution is -2.26. The molecular weight excluding hydrogens is 362 g/mol. The predicted molar refractivity (Wildman–Crippen MR) is 117 cm³/mol. The van der Waals surface area contributed by atoms with Gasteiger partial charge in [0.15, 0.2) is 0 Å². The topological polar surface area (TPSA) is 54.5 Å². The highest BCUT2D eigenvalue weighted by Gasteiger charge is 2.13. The third kappa shape index (κ3) is 4.93. The van der Waals surface area contributed by atoms with E-state index in [9.17, 15) is 4.79 Å². The van der Waals surface area contributed by atoms with Crippen LogP contribution in [0.25, 0.3) is 10.9 Å². The molecule has 0 spiro atoms. The largest absolute Gasteiger partial charge is 0.497 e. The van der Waals surface area contributed by atoms with Gasteiger partial charge in [0, 0.05) is 24.5 Å².